The van der Waals surface area contributed by atoms with Crippen molar-refractivity contribution in [2.75, 3.05) is 5.32 Å². The van der Waals surface area contributed by atoms with Gasteiger partial charge in [0.25, 0.3) is 8.53 Å². The number of amides is 1. The quantitative estimate of drug-likeness (QED) is 0.554. The molecule has 9 nitrogen and oxygen atoms in total. The van der Waals surface area contributed by atoms with Crippen LogP contribution >= 0.6 is 8.53 Å². The van der Waals surface area contributed by atoms with E-state index in [1.165, 1.54) is 17.4 Å². The standard InChI is InChI=1S/C24H39N4O5P/c1-7-17-18(32-34-28(16(4)5)19-10-8-9-12-24(19,6)33-34)14-21(31-17)27-13-11-20(26-23(27)30)25-22(29)15(2)3/h11,13,15-19,21H,7-10,12,14H2,1-6H3,(H,25,26,29,30)/t17?,18?,19-,21?,24-,34?/m0/s1. The lowest BCUT2D eigenvalue weighted by molar-refractivity contribution is -0.118. The predicted molar refractivity (Wildman–Crippen MR) is 131 cm³/mol. The molecule has 3 aliphatic rings. The van der Waals surface area contributed by atoms with E-state index in [0.717, 1.165) is 19.3 Å². The summed E-state index contributed by atoms with van der Waals surface area (Å²) in [4.78, 5) is 28.7. The minimum absolute atomic E-state index is 0.132. The molecular formula is C24H39N4O5P. The summed E-state index contributed by atoms with van der Waals surface area (Å²) >= 11 is 0. The molecule has 1 aromatic heterocycles. The van der Waals surface area contributed by atoms with E-state index in [1.807, 2.05) is 0 Å². The predicted octanol–water partition coefficient (Wildman–Crippen LogP) is 4.59. The van der Waals surface area contributed by atoms with Crippen LogP contribution in [0.3, 0.4) is 0 Å². The lowest BCUT2D eigenvalue weighted by atomic mass is 9.81. The van der Waals surface area contributed by atoms with Crippen LogP contribution in [0.2, 0.25) is 0 Å². The second-order valence-corrected chi connectivity index (χ2v) is 11.8. The van der Waals surface area contributed by atoms with E-state index in [9.17, 15) is 9.59 Å². The number of carbonyl (C=O) groups is 1. The van der Waals surface area contributed by atoms with Gasteiger partial charge in [0.1, 0.15) is 12.0 Å². The Morgan fingerprint density at radius 2 is 2.12 bits per heavy atom. The van der Waals surface area contributed by atoms with Gasteiger partial charge in [-0.3, -0.25) is 9.36 Å². The van der Waals surface area contributed by atoms with Crippen molar-refractivity contribution in [3.63, 3.8) is 0 Å². The van der Waals surface area contributed by atoms with Crippen LogP contribution in [0, 0.1) is 5.92 Å². The van der Waals surface area contributed by atoms with E-state index >= 15 is 0 Å². The molecule has 2 aliphatic heterocycles. The Hall–Kier alpha value is -1.38. The van der Waals surface area contributed by atoms with Crippen LogP contribution in [-0.4, -0.2) is 50.0 Å². The van der Waals surface area contributed by atoms with E-state index in [4.69, 9.17) is 13.8 Å². The number of ether oxygens (including phenoxy) is 1. The number of nitrogens with one attached hydrogen (secondary N) is 1. The minimum atomic E-state index is -1.20. The Kier molecular flexibility index (Phi) is 7.80. The number of fused-ring (bicyclic) bond motifs is 1. The van der Waals surface area contributed by atoms with Crippen molar-refractivity contribution in [1.29, 1.82) is 0 Å². The second-order valence-electron chi connectivity index (χ2n) is 10.4. The normalized spacial score (nSPS) is 34.1. The van der Waals surface area contributed by atoms with Gasteiger partial charge in [-0.2, -0.15) is 4.98 Å². The molecule has 1 N–H and O–H groups in total. The first-order valence-corrected chi connectivity index (χ1v) is 13.8. The fourth-order valence-electron chi connectivity index (χ4n) is 5.20. The molecule has 0 bridgehead atoms. The smallest absolute Gasteiger partial charge is 0.351 e. The molecule has 4 rings (SSSR count). The van der Waals surface area contributed by atoms with Crippen LogP contribution < -0.4 is 11.0 Å². The van der Waals surface area contributed by atoms with E-state index in [0.29, 0.717) is 18.5 Å². The van der Waals surface area contributed by atoms with Crippen molar-refractivity contribution in [3.8, 4) is 0 Å². The maximum Gasteiger partial charge on any atom is 0.351 e. The number of hydrogen-bond donors (Lipinski definition) is 1. The molecule has 0 spiro atoms. The molecule has 10 heteroatoms. The summed E-state index contributed by atoms with van der Waals surface area (Å²) in [6, 6.07) is 2.34. The molecule has 190 valence electrons. The van der Waals surface area contributed by atoms with Gasteiger partial charge in [0.05, 0.1) is 17.8 Å². The molecule has 0 aromatic carbocycles. The SMILES string of the molecule is CCC1OC(n2ccc(NC(=O)C(C)C)nc2=O)CC1OP1O[C@@]2(C)CCCC[C@@H]2N1C(C)C. The molecule has 1 saturated carbocycles. The molecule has 1 amide bonds. The van der Waals surface area contributed by atoms with Crippen LogP contribution in [0.5, 0.6) is 0 Å². The van der Waals surface area contributed by atoms with Crippen LogP contribution in [0.15, 0.2) is 17.1 Å². The third-order valence-corrected chi connectivity index (χ3v) is 9.30. The highest BCUT2D eigenvalue weighted by Crippen LogP contribution is 2.62. The fourth-order valence-corrected chi connectivity index (χ4v) is 7.43. The monoisotopic (exact) mass is 494 g/mol. The average Bonchev–Trinajstić information content (AvgIpc) is 3.31. The Labute approximate surface area is 203 Å². The van der Waals surface area contributed by atoms with Gasteiger partial charge in [0, 0.05) is 30.6 Å². The number of hydrogen-bond acceptors (Lipinski definition) is 7. The van der Waals surface area contributed by atoms with Gasteiger partial charge in [-0.1, -0.05) is 33.6 Å². The summed E-state index contributed by atoms with van der Waals surface area (Å²) in [5, 5.41) is 2.67. The van der Waals surface area contributed by atoms with Gasteiger partial charge in [-0.05, 0) is 46.1 Å². The first-order chi connectivity index (χ1) is 16.1. The second kappa shape index (κ2) is 10.3. The highest BCUT2D eigenvalue weighted by Gasteiger charge is 2.55. The summed E-state index contributed by atoms with van der Waals surface area (Å²) in [7, 11) is -1.20. The van der Waals surface area contributed by atoms with Crippen molar-refractivity contribution in [2.45, 2.75) is 116 Å². The molecular weight excluding hydrogens is 455 g/mol. The van der Waals surface area contributed by atoms with Crippen molar-refractivity contribution in [1.82, 2.24) is 14.2 Å². The summed E-state index contributed by atoms with van der Waals surface area (Å²) in [6.07, 6.45) is 6.81. The van der Waals surface area contributed by atoms with Crippen molar-refractivity contribution in [2.24, 2.45) is 5.92 Å². The van der Waals surface area contributed by atoms with Crippen molar-refractivity contribution in [3.05, 3.63) is 22.7 Å². The average molecular weight is 495 g/mol. The van der Waals surface area contributed by atoms with Gasteiger partial charge < -0.3 is 19.1 Å². The lowest BCUT2D eigenvalue weighted by Crippen LogP contribution is -2.47. The van der Waals surface area contributed by atoms with Crippen molar-refractivity contribution < 1.29 is 18.6 Å². The maximum absolute atomic E-state index is 12.7. The first kappa shape index (κ1) is 25.7. The van der Waals surface area contributed by atoms with Crippen LogP contribution in [-0.2, 0) is 18.6 Å². The van der Waals surface area contributed by atoms with E-state index in [2.05, 4.69) is 42.7 Å². The highest BCUT2D eigenvalue weighted by atomic mass is 31.2. The molecule has 0 radical (unpaired) electrons. The number of aromatic nitrogens is 2. The number of nitrogens with zero attached hydrogens (tertiary/aromatic N) is 3. The maximum atomic E-state index is 12.7. The van der Waals surface area contributed by atoms with Crippen LogP contribution in [0.25, 0.3) is 0 Å². The molecule has 3 fully saturated rings. The van der Waals surface area contributed by atoms with Crippen LogP contribution in [0.4, 0.5) is 5.82 Å². The van der Waals surface area contributed by atoms with Gasteiger partial charge >= 0.3 is 5.69 Å². The van der Waals surface area contributed by atoms with Gasteiger partial charge in [-0.25, -0.2) is 9.46 Å². The minimum Gasteiger partial charge on any atom is -0.352 e. The molecule has 2 saturated heterocycles. The first-order valence-electron chi connectivity index (χ1n) is 12.6. The van der Waals surface area contributed by atoms with Gasteiger partial charge in [-0.15, -0.1) is 0 Å². The molecule has 6 atom stereocenters. The topological polar surface area (TPSA) is 94.9 Å². The van der Waals surface area contributed by atoms with Crippen molar-refractivity contribution >= 4 is 20.3 Å². The summed E-state index contributed by atoms with van der Waals surface area (Å²) < 4.78 is 23.4. The zero-order valence-corrected chi connectivity index (χ0v) is 22.1. The highest BCUT2D eigenvalue weighted by molar-refractivity contribution is 7.45. The number of carbonyl (C=O) groups excluding carboxylic acids is 1. The summed E-state index contributed by atoms with van der Waals surface area (Å²) in [5.74, 6) is -0.116. The number of rotatable bonds is 7. The third-order valence-electron chi connectivity index (χ3n) is 7.15. The molecule has 4 unspecified atom stereocenters. The summed E-state index contributed by atoms with van der Waals surface area (Å²) in [6.45, 7) is 12.3. The molecule has 34 heavy (non-hydrogen) atoms. The van der Waals surface area contributed by atoms with Crippen LogP contribution in [0.1, 0.15) is 86.3 Å². The summed E-state index contributed by atoms with van der Waals surface area (Å²) in [5.41, 5.74) is -0.612. The Bertz CT molecular complexity index is 940. The van der Waals surface area contributed by atoms with E-state index < -0.39 is 20.4 Å². The zero-order chi connectivity index (χ0) is 24.6. The Morgan fingerprint density at radius 1 is 1.35 bits per heavy atom. The molecule has 1 aromatic rings. The van der Waals surface area contributed by atoms with E-state index in [1.54, 1.807) is 26.1 Å². The van der Waals surface area contributed by atoms with Gasteiger partial charge in [0.2, 0.25) is 5.91 Å². The Morgan fingerprint density at radius 3 is 2.76 bits per heavy atom. The number of anilines is 1. The Balaban J connectivity index is 1.48. The fraction of sp³-hybridized carbons (Fsp3) is 0.792. The largest absolute Gasteiger partial charge is 0.352 e. The lowest BCUT2D eigenvalue weighted by Gasteiger charge is -2.37. The third kappa shape index (κ3) is 5.09. The zero-order valence-electron chi connectivity index (χ0n) is 21.2. The van der Waals surface area contributed by atoms with E-state index in [-0.39, 0.29) is 35.5 Å². The van der Waals surface area contributed by atoms with Gasteiger partial charge in [0.15, 0.2) is 0 Å². The molecule has 3 heterocycles. The molecule has 1 aliphatic carbocycles.